The maximum absolute atomic E-state index is 12.6. The van der Waals surface area contributed by atoms with E-state index in [0.29, 0.717) is 29.7 Å². The Hall–Kier alpha value is -2.36. The highest BCUT2D eigenvalue weighted by atomic mass is 16.4. The fraction of sp³-hybridized carbons (Fsp3) is 0.400. The molecule has 0 unspecified atom stereocenters. The Morgan fingerprint density at radius 1 is 1.12 bits per heavy atom. The zero-order chi connectivity index (χ0) is 17.6. The van der Waals surface area contributed by atoms with Crippen LogP contribution in [0.3, 0.4) is 0 Å². The number of hydrogen-bond donors (Lipinski definition) is 1. The summed E-state index contributed by atoms with van der Waals surface area (Å²) in [5.41, 5.74) is 4.12. The van der Waals surface area contributed by atoms with Crippen LogP contribution in [0.2, 0.25) is 0 Å². The van der Waals surface area contributed by atoms with E-state index in [1.807, 2.05) is 45.9 Å². The number of hydrogen-bond acceptors (Lipinski definition) is 3. The molecule has 1 aliphatic rings. The summed E-state index contributed by atoms with van der Waals surface area (Å²) in [7, 11) is 0. The van der Waals surface area contributed by atoms with Gasteiger partial charge in [-0.2, -0.15) is 0 Å². The van der Waals surface area contributed by atoms with Gasteiger partial charge in [-0.1, -0.05) is 19.9 Å². The monoisotopic (exact) mass is 325 g/mol. The molecule has 24 heavy (non-hydrogen) atoms. The molecular weight excluding hydrogens is 302 g/mol. The Kier molecular flexibility index (Phi) is 3.86. The summed E-state index contributed by atoms with van der Waals surface area (Å²) in [6, 6.07) is 5.77. The van der Waals surface area contributed by atoms with E-state index >= 15 is 0 Å². The first-order chi connectivity index (χ1) is 11.2. The van der Waals surface area contributed by atoms with Gasteiger partial charge >= 0.3 is 0 Å². The SMILES string of the molecule is Cc1ccc(NC(=O)c2oc3c(c2C)C(=O)CC(C)(C)C3)cc1C. The molecule has 4 heteroatoms. The molecule has 0 spiro atoms. The van der Waals surface area contributed by atoms with Crippen LogP contribution in [-0.2, 0) is 6.42 Å². The molecule has 0 bridgehead atoms. The van der Waals surface area contributed by atoms with Gasteiger partial charge in [-0.3, -0.25) is 9.59 Å². The van der Waals surface area contributed by atoms with E-state index in [9.17, 15) is 9.59 Å². The summed E-state index contributed by atoms with van der Waals surface area (Å²) in [6.45, 7) is 9.90. The van der Waals surface area contributed by atoms with Gasteiger partial charge in [-0.05, 0) is 49.4 Å². The smallest absolute Gasteiger partial charge is 0.291 e. The number of furan rings is 1. The van der Waals surface area contributed by atoms with Crippen LogP contribution in [0.1, 0.15) is 63.6 Å². The van der Waals surface area contributed by atoms with E-state index in [1.54, 1.807) is 6.92 Å². The quantitative estimate of drug-likeness (QED) is 0.877. The molecule has 1 N–H and O–H groups in total. The second kappa shape index (κ2) is 5.62. The van der Waals surface area contributed by atoms with Gasteiger partial charge in [-0.15, -0.1) is 0 Å². The minimum absolute atomic E-state index is 0.0627. The van der Waals surface area contributed by atoms with Crippen molar-refractivity contribution in [1.82, 2.24) is 0 Å². The first-order valence-electron chi connectivity index (χ1n) is 8.22. The molecule has 1 amide bonds. The van der Waals surface area contributed by atoms with Crippen LogP contribution in [0.5, 0.6) is 0 Å². The van der Waals surface area contributed by atoms with Crippen LogP contribution in [0.25, 0.3) is 0 Å². The summed E-state index contributed by atoms with van der Waals surface area (Å²) in [6.07, 6.45) is 1.16. The third kappa shape index (κ3) is 2.88. The van der Waals surface area contributed by atoms with Crippen molar-refractivity contribution in [2.24, 2.45) is 5.41 Å². The van der Waals surface area contributed by atoms with Crippen molar-refractivity contribution >= 4 is 17.4 Å². The fourth-order valence-electron chi connectivity index (χ4n) is 3.31. The molecule has 0 radical (unpaired) electrons. The number of carbonyl (C=O) groups is 2. The second-order valence-electron chi connectivity index (χ2n) is 7.55. The lowest BCUT2D eigenvalue weighted by atomic mass is 9.76. The highest BCUT2D eigenvalue weighted by molar-refractivity contribution is 6.07. The van der Waals surface area contributed by atoms with Crippen molar-refractivity contribution in [3.05, 3.63) is 52.0 Å². The predicted octanol–water partition coefficient (Wildman–Crippen LogP) is 4.61. The highest BCUT2D eigenvalue weighted by Crippen LogP contribution is 2.38. The standard InChI is InChI=1S/C20H23NO3/c1-11-6-7-14(8-12(11)2)21-19(23)18-13(3)17-15(22)9-20(4,5)10-16(17)24-18/h6-8H,9-10H2,1-5H3,(H,21,23). The summed E-state index contributed by atoms with van der Waals surface area (Å²) in [5, 5.41) is 2.87. The molecule has 1 aromatic heterocycles. The van der Waals surface area contributed by atoms with E-state index in [0.717, 1.165) is 11.3 Å². The normalized spacial score (nSPS) is 16.0. The molecule has 0 saturated heterocycles. The average Bonchev–Trinajstić information content (AvgIpc) is 2.78. The number of benzene rings is 1. The number of ketones is 1. The Balaban J connectivity index is 1.91. The van der Waals surface area contributed by atoms with Gasteiger partial charge < -0.3 is 9.73 Å². The van der Waals surface area contributed by atoms with Crippen LogP contribution < -0.4 is 5.32 Å². The Morgan fingerprint density at radius 3 is 2.50 bits per heavy atom. The van der Waals surface area contributed by atoms with Gasteiger partial charge in [0.25, 0.3) is 5.91 Å². The molecule has 0 fully saturated rings. The molecule has 1 heterocycles. The molecule has 3 rings (SSSR count). The first kappa shape index (κ1) is 16.5. The number of amides is 1. The second-order valence-corrected chi connectivity index (χ2v) is 7.55. The summed E-state index contributed by atoms with van der Waals surface area (Å²) in [4.78, 5) is 25.0. The average molecular weight is 325 g/mol. The molecule has 0 saturated carbocycles. The first-order valence-corrected chi connectivity index (χ1v) is 8.22. The van der Waals surface area contributed by atoms with Crippen molar-refractivity contribution in [3.63, 3.8) is 0 Å². The lowest BCUT2D eigenvalue weighted by Crippen LogP contribution is -2.26. The van der Waals surface area contributed by atoms with Crippen molar-refractivity contribution in [1.29, 1.82) is 0 Å². The zero-order valence-corrected chi connectivity index (χ0v) is 14.9. The third-order valence-electron chi connectivity index (χ3n) is 4.75. The number of Topliss-reactive ketones (excluding diaryl/α,β-unsaturated/α-hetero) is 1. The molecule has 1 aromatic carbocycles. The highest BCUT2D eigenvalue weighted by Gasteiger charge is 2.37. The van der Waals surface area contributed by atoms with Crippen LogP contribution in [-0.4, -0.2) is 11.7 Å². The third-order valence-corrected chi connectivity index (χ3v) is 4.75. The Labute approximate surface area is 142 Å². The number of carbonyl (C=O) groups excluding carboxylic acids is 2. The Bertz CT molecular complexity index is 843. The lowest BCUT2D eigenvalue weighted by molar-refractivity contribution is 0.0898. The maximum atomic E-state index is 12.6. The number of aryl methyl sites for hydroxylation is 2. The molecule has 0 aliphatic heterocycles. The van der Waals surface area contributed by atoms with Crippen LogP contribution >= 0.6 is 0 Å². The van der Waals surface area contributed by atoms with Crippen molar-refractivity contribution < 1.29 is 14.0 Å². The van der Waals surface area contributed by atoms with E-state index < -0.39 is 0 Å². The molecule has 0 atom stereocenters. The van der Waals surface area contributed by atoms with E-state index in [1.165, 1.54) is 5.56 Å². The topological polar surface area (TPSA) is 59.3 Å². The fourth-order valence-corrected chi connectivity index (χ4v) is 3.31. The minimum atomic E-state index is -0.309. The molecule has 2 aromatic rings. The van der Waals surface area contributed by atoms with E-state index in [2.05, 4.69) is 5.32 Å². The molecule has 1 aliphatic carbocycles. The van der Waals surface area contributed by atoms with Gasteiger partial charge in [0.2, 0.25) is 0 Å². The van der Waals surface area contributed by atoms with Crippen molar-refractivity contribution in [3.8, 4) is 0 Å². The minimum Gasteiger partial charge on any atom is -0.455 e. The van der Waals surface area contributed by atoms with Crippen LogP contribution in [0.4, 0.5) is 5.69 Å². The summed E-state index contributed by atoms with van der Waals surface area (Å²) >= 11 is 0. The van der Waals surface area contributed by atoms with Gasteiger partial charge in [-0.25, -0.2) is 0 Å². The number of fused-ring (bicyclic) bond motifs is 1. The maximum Gasteiger partial charge on any atom is 0.291 e. The molecular formula is C20H23NO3. The van der Waals surface area contributed by atoms with Gasteiger partial charge in [0, 0.05) is 24.1 Å². The van der Waals surface area contributed by atoms with Crippen molar-refractivity contribution in [2.45, 2.75) is 47.5 Å². The van der Waals surface area contributed by atoms with Crippen LogP contribution in [0.15, 0.2) is 22.6 Å². The largest absolute Gasteiger partial charge is 0.455 e. The zero-order valence-electron chi connectivity index (χ0n) is 14.9. The van der Waals surface area contributed by atoms with Gasteiger partial charge in [0.1, 0.15) is 5.76 Å². The van der Waals surface area contributed by atoms with E-state index in [-0.39, 0.29) is 22.9 Å². The summed E-state index contributed by atoms with van der Waals surface area (Å²) in [5.74, 6) is 0.631. The number of anilines is 1. The van der Waals surface area contributed by atoms with Crippen molar-refractivity contribution in [2.75, 3.05) is 5.32 Å². The van der Waals surface area contributed by atoms with E-state index in [4.69, 9.17) is 4.42 Å². The number of nitrogens with one attached hydrogen (secondary N) is 1. The van der Waals surface area contributed by atoms with Crippen LogP contribution in [0, 0.1) is 26.2 Å². The Morgan fingerprint density at radius 2 is 1.83 bits per heavy atom. The summed E-state index contributed by atoms with van der Waals surface area (Å²) < 4.78 is 5.80. The molecule has 126 valence electrons. The van der Waals surface area contributed by atoms with Gasteiger partial charge in [0.15, 0.2) is 11.5 Å². The van der Waals surface area contributed by atoms with Gasteiger partial charge in [0.05, 0.1) is 5.56 Å². The predicted molar refractivity (Wildman–Crippen MR) is 93.7 cm³/mol. The molecule has 4 nitrogen and oxygen atoms in total. The lowest BCUT2D eigenvalue weighted by Gasteiger charge is -2.27. The number of rotatable bonds is 2.